The topological polar surface area (TPSA) is 41.1 Å². The van der Waals surface area contributed by atoms with Crippen molar-refractivity contribution in [2.75, 3.05) is 0 Å². The predicted octanol–water partition coefficient (Wildman–Crippen LogP) is 3.66. The van der Waals surface area contributed by atoms with Crippen molar-refractivity contribution in [3.63, 3.8) is 0 Å². The minimum Gasteiger partial charge on any atom is -0.331 e. The van der Waals surface area contributed by atoms with Gasteiger partial charge in [-0.1, -0.05) is 48.5 Å². The van der Waals surface area contributed by atoms with Crippen LogP contribution in [0, 0.1) is 0 Å². The summed E-state index contributed by atoms with van der Waals surface area (Å²) in [5.74, 6) is 0. The molecule has 2 aromatic carbocycles. The third-order valence-corrected chi connectivity index (χ3v) is 4.88. The zero-order chi connectivity index (χ0) is 14.9. The van der Waals surface area contributed by atoms with Crippen molar-refractivity contribution in [3.8, 4) is 0 Å². The molecule has 22 heavy (non-hydrogen) atoms. The number of hydrogen-bond acceptors (Lipinski definition) is 1. The van der Waals surface area contributed by atoms with Crippen molar-refractivity contribution in [1.82, 2.24) is 10.6 Å². The van der Waals surface area contributed by atoms with Gasteiger partial charge in [0, 0.05) is 0 Å². The molecule has 2 aromatic rings. The second kappa shape index (κ2) is 5.48. The van der Waals surface area contributed by atoms with E-state index >= 15 is 0 Å². The van der Waals surface area contributed by atoms with Crippen LogP contribution in [0.3, 0.4) is 0 Å². The fourth-order valence-electron chi connectivity index (χ4n) is 3.77. The van der Waals surface area contributed by atoms with Crippen molar-refractivity contribution in [2.24, 2.45) is 0 Å². The first-order valence-electron chi connectivity index (χ1n) is 8.04. The number of urea groups is 1. The molecule has 0 heterocycles. The summed E-state index contributed by atoms with van der Waals surface area (Å²) in [6.07, 6.45) is 4.09. The molecule has 2 aliphatic carbocycles. The molecule has 0 saturated carbocycles. The van der Waals surface area contributed by atoms with E-state index in [1.165, 1.54) is 22.3 Å². The molecule has 3 heteroatoms. The van der Waals surface area contributed by atoms with Gasteiger partial charge < -0.3 is 10.6 Å². The highest BCUT2D eigenvalue weighted by molar-refractivity contribution is 5.75. The van der Waals surface area contributed by atoms with Crippen LogP contribution in [-0.4, -0.2) is 6.03 Å². The van der Waals surface area contributed by atoms with Crippen molar-refractivity contribution < 1.29 is 4.79 Å². The monoisotopic (exact) mass is 292 g/mol. The number of carbonyl (C=O) groups is 1. The van der Waals surface area contributed by atoms with Gasteiger partial charge in [0.25, 0.3) is 0 Å². The van der Waals surface area contributed by atoms with Crippen molar-refractivity contribution >= 4 is 6.03 Å². The molecule has 0 aliphatic heterocycles. The van der Waals surface area contributed by atoms with E-state index in [0.717, 1.165) is 25.7 Å². The van der Waals surface area contributed by atoms with Gasteiger partial charge in [-0.2, -0.15) is 0 Å². The lowest BCUT2D eigenvalue weighted by molar-refractivity contribution is 0.233. The van der Waals surface area contributed by atoms with Gasteiger partial charge in [0.05, 0.1) is 12.1 Å². The number of rotatable bonds is 2. The number of hydrogen-bond donors (Lipinski definition) is 2. The van der Waals surface area contributed by atoms with Crippen LogP contribution in [0.5, 0.6) is 0 Å². The van der Waals surface area contributed by atoms with Gasteiger partial charge in [-0.3, -0.25) is 0 Å². The zero-order valence-corrected chi connectivity index (χ0v) is 12.5. The SMILES string of the molecule is O=C(NC1CCc2ccccc21)NC1CCc2ccccc21. The Balaban J connectivity index is 1.42. The fourth-order valence-corrected chi connectivity index (χ4v) is 3.77. The smallest absolute Gasteiger partial charge is 0.315 e. The largest absolute Gasteiger partial charge is 0.331 e. The summed E-state index contributed by atoms with van der Waals surface area (Å²) in [7, 11) is 0. The van der Waals surface area contributed by atoms with Crippen LogP contribution < -0.4 is 10.6 Å². The van der Waals surface area contributed by atoms with Gasteiger partial charge >= 0.3 is 6.03 Å². The predicted molar refractivity (Wildman–Crippen MR) is 86.7 cm³/mol. The van der Waals surface area contributed by atoms with E-state index in [9.17, 15) is 4.79 Å². The first kappa shape index (κ1) is 13.4. The van der Waals surface area contributed by atoms with Gasteiger partial charge in [-0.05, 0) is 47.9 Å². The molecule has 0 radical (unpaired) electrons. The first-order chi connectivity index (χ1) is 10.8. The average Bonchev–Trinajstić information content (AvgIpc) is 3.13. The number of aryl methyl sites for hydroxylation is 2. The van der Waals surface area contributed by atoms with Crippen molar-refractivity contribution in [2.45, 2.75) is 37.8 Å². The lowest BCUT2D eigenvalue weighted by Gasteiger charge is -2.18. The van der Waals surface area contributed by atoms with Crippen LogP contribution in [0.2, 0.25) is 0 Å². The molecule has 112 valence electrons. The minimum atomic E-state index is -0.0524. The lowest BCUT2D eigenvalue weighted by Crippen LogP contribution is -2.38. The summed E-state index contributed by atoms with van der Waals surface area (Å²) in [6.45, 7) is 0. The summed E-state index contributed by atoms with van der Waals surface area (Å²) in [4.78, 5) is 12.4. The summed E-state index contributed by atoms with van der Waals surface area (Å²) in [5.41, 5.74) is 5.26. The van der Waals surface area contributed by atoms with Crippen LogP contribution in [-0.2, 0) is 12.8 Å². The minimum absolute atomic E-state index is 0.0524. The molecule has 2 N–H and O–H groups in total. The van der Waals surface area contributed by atoms with Crippen molar-refractivity contribution in [1.29, 1.82) is 0 Å². The maximum atomic E-state index is 12.4. The maximum Gasteiger partial charge on any atom is 0.315 e. The highest BCUT2D eigenvalue weighted by Gasteiger charge is 2.26. The second-order valence-corrected chi connectivity index (χ2v) is 6.20. The van der Waals surface area contributed by atoms with E-state index in [1.54, 1.807) is 0 Å². The Morgan fingerprint density at radius 2 is 1.23 bits per heavy atom. The maximum absolute atomic E-state index is 12.4. The molecule has 3 nitrogen and oxygen atoms in total. The van der Waals surface area contributed by atoms with Gasteiger partial charge in [-0.25, -0.2) is 4.79 Å². The summed E-state index contributed by atoms with van der Waals surface area (Å²) >= 11 is 0. The highest BCUT2D eigenvalue weighted by atomic mass is 16.2. The van der Waals surface area contributed by atoms with E-state index in [4.69, 9.17) is 0 Å². The van der Waals surface area contributed by atoms with Crippen LogP contribution in [0.25, 0.3) is 0 Å². The van der Waals surface area contributed by atoms with E-state index in [-0.39, 0.29) is 18.1 Å². The van der Waals surface area contributed by atoms with Crippen molar-refractivity contribution in [3.05, 3.63) is 70.8 Å². The quantitative estimate of drug-likeness (QED) is 0.871. The Morgan fingerprint density at radius 3 is 1.73 bits per heavy atom. The van der Waals surface area contributed by atoms with Gasteiger partial charge in [-0.15, -0.1) is 0 Å². The van der Waals surface area contributed by atoms with Gasteiger partial charge in [0.2, 0.25) is 0 Å². The molecule has 2 amide bonds. The van der Waals surface area contributed by atoms with E-state index in [0.29, 0.717) is 0 Å². The molecular formula is C19H20N2O. The zero-order valence-electron chi connectivity index (χ0n) is 12.5. The normalized spacial score (nSPS) is 22.0. The third-order valence-electron chi connectivity index (χ3n) is 4.88. The molecule has 0 saturated heterocycles. The first-order valence-corrected chi connectivity index (χ1v) is 8.04. The molecule has 0 spiro atoms. The Labute approximate surface area is 130 Å². The molecular weight excluding hydrogens is 272 g/mol. The molecule has 0 bridgehead atoms. The summed E-state index contributed by atoms with van der Waals surface area (Å²) in [5, 5.41) is 6.29. The molecule has 2 aliphatic rings. The second-order valence-electron chi connectivity index (χ2n) is 6.20. The molecule has 0 fully saturated rings. The van der Waals surface area contributed by atoms with Gasteiger partial charge in [0.15, 0.2) is 0 Å². The van der Waals surface area contributed by atoms with E-state index in [1.807, 2.05) is 12.1 Å². The average molecular weight is 292 g/mol. The Bertz CT molecular complexity index is 651. The van der Waals surface area contributed by atoms with Crippen LogP contribution in [0.15, 0.2) is 48.5 Å². The van der Waals surface area contributed by atoms with E-state index in [2.05, 4.69) is 47.0 Å². The number of nitrogens with one attached hydrogen (secondary N) is 2. The Morgan fingerprint density at radius 1 is 0.773 bits per heavy atom. The van der Waals surface area contributed by atoms with E-state index < -0.39 is 0 Å². The summed E-state index contributed by atoms with van der Waals surface area (Å²) in [6, 6.07) is 17.0. The number of amides is 2. The number of benzene rings is 2. The third kappa shape index (κ3) is 2.37. The van der Waals surface area contributed by atoms with Crippen LogP contribution >= 0.6 is 0 Å². The molecule has 4 rings (SSSR count). The van der Waals surface area contributed by atoms with Gasteiger partial charge in [0.1, 0.15) is 0 Å². The molecule has 2 atom stereocenters. The Kier molecular flexibility index (Phi) is 3.34. The number of fused-ring (bicyclic) bond motifs is 2. The molecule has 0 aromatic heterocycles. The fraction of sp³-hybridized carbons (Fsp3) is 0.316. The number of carbonyl (C=O) groups excluding carboxylic acids is 1. The lowest BCUT2D eigenvalue weighted by atomic mass is 10.1. The Hall–Kier alpha value is -2.29. The standard InChI is InChI=1S/C19H20N2O/c22-19(20-17-11-9-13-5-1-3-7-15(13)17)21-18-12-10-14-6-2-4-8-16(14)18/h1-8,17-18H,9-12H2,(H2,20,21,22). The van der Waals surface area contributed by atoms with Crippen LogP contribution in [0.1, 0.15) is 47.2 Å². The highest BCUT2D eigenvalue weighted by Crippen LogP contribution is 2.32. The van der Waals surface area contributed by atoms with Crippen LogP contribution in [0.4, 0.5) is 4.79 Å². The molecule has 2 unspecified atom stereocenters. The summed E-state index contributed by atoms with van der Waals surface area (Å²) < 4.78 is 0.